The van der Waals surface area contributed by atoms with E-state index in [9.17, 15) is 4.79 Å². The maximum absolute atomic E-state index is 10.6. The van der Waals surface area contributed by atoms with E-state index >= 15 is 0 Å². The molecule has 0 aliphatic rings. The van der Waals surface area contributed by atoms with E-state index < -0.39 is 5.97 Å². The minimum atomic E-state index is -1.05. The summed E-state index contributed by atoms with van der Waals surface area (Å²) >= 11 is 3.31. The Balaban J connectivity index is 3.22. The van der Waals surface area contributed by atoms with Gasteiger partial charge in [0.1, 0.15) is 13.1 Å². The third-order valence-corrected chi connectivity index (χ3v) is 2.76. The van der Waals surface area contributed by atoms with Crippen LogP contribution in [0, 0.1) is 22.7 Å². The van der Waals surface area contributed by atoms with Crippen LogP contribution in [0.15, 0.2) is 28.7 Å². The summed E-state index contributed by atoms with van der Waals surface area (Å²) in [5.41, 5.74) is 1.27. The molecule has 0 spiro atoms. The number of carboxylic acid groups (broad SMARTS) is 1. The van der Waals surface area contributed by atoms with Crippen molar-refractivity contribution in [3.63, 3.8) is 0 Å². The van der Waals surface area contributed by atoms with Gasteiger partial charge in [0.05, 0.1) is 12.1 Å². The largest absolute Gasteiger partial charge is 0.478 e. The molecule has 1 N–H and O–H groups in total. The number of hydrogen-bond donors (Lipinski definition) is 1. The zero-order valence-corrected chi connectivity index (χ0v) is 11.5. The van der Waals surface area contributed by atoms with Crippen LogP contribution in [0.25, 0.3) is 6.08 Å². The fourth-order valence-corrected chi connectivity index (χ4v) is 1.84. The van der Waals surface area contributed by atoms with Crippen LogP contribution >= 0.6 is 15.9 Å². The lowest BCUT2D eigenvalue weighted by Crippen LogP contribution is -2.24. The number of rotatable bonds is 5. The molecule has 1 rings (SSSR count). The molecule has 0 unspecified atom stereocenters. The van der Waals surface area contributed by atoms with Gasteiger partial charge in [0, 0.05) is 16.2 Å². The molecule has 0 amide bonds. The number of nitrogens with zero attached hydrogens (tertiary/aromatic N) is 3. The van der Waals surface area contributed by atoms with Crippen LogP contribution in [0.5, 0.6) is 0 Å². The minimum absolute atomic E-state index is 0.0535. The molecule has 0 aromatic heterocycles. The maximum atomic E-state index is 10.6. The quantitative estimate of drug-likeness (QED) is 0.665. The van der Waals surface area contributed by atoms with Gasteiger partial charge < -0.3 is 10.0 Å². The fraction of sp³-hybridized carbons (Fsp3) is 0.154. The van der Waals surface area contributed by atoms with E-state index in [2.05, 4.69) is 15.9 Å². The Morgan fingerprint density at radius 1 is 1.37 bits per heavy atom. The van der Waals surface area contributed by atoms with Crippen LogP contribution in [0.4, 0.5) is 5.69 Å². The molecule has 1 aromatic rings. The highest BCUT2D eigenvalue weighted by atomic mass is 79.9. The molecule has 5 nitrogen and oxygen atoms in total. The third kappa shape index (κ3) is 4.46. The second kappa shape index (κ2) is 7.20. The number of halogens is 1. The molecule has 96 valence electrons. The number of benzene rings is 1. The van der Waals surface area contributed by atoms with Crippen molar-refractivity contribution in [2.45, 2.75) is 0 Å². The lowest BCUT2D eigenvalue weighted by atomic mass is 10.1. The number of aliphatic carboxylic acids is 1. The number of carbonyl (C=O) groups is 1. The highest BCUT2D eigenvalue weighted by Gasteiger charge is 2.10. The van der Waals surface area contributed by atoms with Crippen molar-refractivity contribution in [2.24, 2.45) is 0 Å². The van der Waals surface area contributed by atoms with Gasteiger partial charge in [-0.2, -0.15) is 10.5 Å². The van der Waals surface area contributed by atoms with Crippen molar-refractivity contribution in [1.29, 1.82) is 10.5 Å². The Labute approximate surface area is 119 Å². The third-order valence-electron chi connectivity index (χ3n) is 2.26. The summed E-state index contributed by atoms with van der Waals surface area (Å²) in [5, 5.41) is 26.2. The van der Waals surface area contributed by atoms with E-state index in [-0.39, 0.29) is 13.1 Å². The normalized spacial score (nSPS) is 9.84. The molecule has 0 fully saturated rings. The zero-order valence-electron chi connectivity index (χ0n) is 9.88. The Morgan fingerprint density at radius 3 is 2.53 bits per heavy atom. The highest BCUT2D eigenvalue weighted by molar-refractivity contribution is 9.10. The first-order valence-corrected chi connectivity index (χ1v) is 6.07. The maximum Gasteiger partial charge on any atom is 0.328 e. The lowest BCUT2D eigenvalue weighted by Gasteiger charge is -2.20. The van der Waals surface area contributed by atoms with Gasteiger partial charge in [0.15, 0.2) is 0 Å². The van der Waals surface area contributed by atoms with E-state index in [1.165, 1.54) is 6.08 Å². The van der Waals surface area contributed by atoms with E-state index in [0.717, 1.165) is 10.5 Å². The minimum Gasteiger partial charge on any atom is -0.478 e. The molecule has 19 heavy (non-hydrogen) atoms. The van der Waals surface area contributed by atoms with Crippen LogP contribution in [-0.2, 0) is 4.79 Å². The van der Waals surface area contributed by atoms with E-state index in [1.54, 1.807) is 23.1 Å². The molecule has 0 saturated carbocycles. The average Bonchev–Trinajstić information content (AvgIpc) is 2.37. The number of hydrogen-bond acceptors (Lipinski definition) is 4. The first-order chi connectivity index (χ1) is 9.08. The van der Waals surface area contributed by atoms with Crippen molar-refractivity contribution in [3.05, 3.63) is 34.3 Å². The van der Waals surface area contributed by atoms with Gasteiger partial charge in [-0.25, -0.2) is 4.79 Å². The summed E-state index contributed by atoms with van der Waals surface area (Å²) in [6.07, 6.45) is 2.45. The molecular weight excluding hydrogens is 310 g/mol. The predicted molar refractivity (Wildman–Crippen MR) is 74.3 cm³/mol. The first kappa shape index (κ1) is 14.7. The summed E-state index contributed by atoms with van der Waals surface area (Å²) < 4.78 is 0.788. The van der Waals surface area contributed by atoms with Gasteiger partial charge in [-0.3, -0.25) is 0 Å². The number of anilines is 1. The molecule has 6 heteroatoms. The average molecular weight is 320 g/mol. The number of carboxylic acids is 1. The smallest absolute Gasteiger partial charge is 0.328 e. The SMILES string of the molecule is N#CCN(CC#N)c1cc(Br)ccc1/C=C/C(=O)O. The molecule has 1 aromatic carbocycles. The van der Waals surface area contributed by atoms with E-state index in [0.29, 0.717) is 11.3 Å². The van der Waals surface area contributed by atoms with Crippen molar-refractivity contribution in [1.82, 2.24) is 0 Å². The molecule has 0 heterocycles. The van der Waals surface area contributed by atoms with Crippen molar-refractivity contribution in [3.8, 4) is 12.1 Å². The second-order valence-corrected chi connectivity index (χ2v) is 4.46. The molecule has 0 bridgehead atoms. The molecule has 0 radical (unpaired) electrons. The van der Waals surface area contributed by atoms with Gasteiger partial charge >= 0.3 is 5.97 Å². The summed E-state index contributed by atoms with van der Waals surface area (Å²) in [6.45, 7) is 0.107. The first-order valence-electron chi connectivity index (χ1n) is 5.28. The fourth-order valence-electron chi connectivity index (χ4n) is 1.49. The van der Waals surface area contributed by atoms with Gasteiger partial charge in [-0.15, -0.1) is 0 Å². The zero-order chi connectivity index (χ0) is 14.3. The molecule has 0 aliphatic heterocycles. The lowest BCUT2D eigenvalue weighted by molar-refractivity contribution is -0.131. The summed E-state index contributed by atoms with van der Waals surface area (Å²) in [4.78, 5) is 12.1. The Bertz CT molecular complexity index is 569. The second-order valence-electron chi connectivity index (χ2n) is 3.55. The highest BCUT2D eigenvalue weighted by Crippen LogP contribution is 2.26. The van der Waals surface area contributed by atoms with Crippen LogP contribution in [0.1, 0.15) is 5.56 Å². The van der Waals surface area contributed by atoms with Gasteiger partial charge in [0.2, 0.25) is 0 Å². The van der Waals surface area contributed by atoms with Crippen molar-refractivity contribution in [2.75, 3.05) is 18.0 Å². The molecule has 0 saturated heterocycles. The van der Waals surface area contributed by atoms with Crippen LogP contribution < -0.4 is 4.90 Å². The van der Waals surface area contributed by atoms with Gasteiger partial charge in [-0.1, -0.05) is 22.0 Å². The topological polar surface area (TPSA) is 88.1 Å². The Kier molecular flexibility index (Phi) is 5.59. The monoisotopic (exact) mass is 319 g/mol. The molecule has 0 atom stereocenters. The van der Waals surface area contributed by atoms with Crippen LogP contribution in [0.2, 0.25) is 0 Å². The van der Waals surface area contributed by atoms with E-state index in [4.69, 9.17) is 15.6 Å². The van der Waals surface area contributed by atoms with Crippen molar-refractivity contribution < 1.29 is 9.90 Å². The van der Waals surface area contributed by atoms with Gasteiger partial charge in [-0.05, 0) is 23.8 Å². The van der Waals surface area contributed by atoms with Crippen LogP contribution in [0.3, 0.4) is 0 Å². The van der Waals surface area contributed by atoms with Gasteiger partial charge in [0.25, 0.3) is 0 Å². The Morgan fingerprint density at radius 2 is 2.00 bits per heavy atom. The van der Waals surface area contributed by atoms with E-state index in [1.807, 2.05) is 12.1 Å². The summed E-state index contributed by atoms with van der Waals surface area (Å²) in [5.74, 6) is -1.05. The van der Waals surface area contributed by atoms with Crippen molar-refractivity contribution >= 4 is 33.7 Å². The standard InChI is InChI=1S/C13H10BrN3O2/c14-11-3-1-10(2-4-13(18)19)12(9-11)17(7-5-15)8-6-16/h1-4,9H,7-8H2,(H,18,19)/b4-2+. The summed E-state index contributed by atoms with van der Waals surface area (Å²) in [6, 6.07) is 9.20. The predicted octanol–water partition coefficient (Wildman–Crippen LogP) is 2.40. The number of nitriles is 2. The molecular formula is C13H10BrN3O2. The van der Waals surface area contributed by atoms with Crippen LogP contribution in [-0.4, -0.2) is 24.2 Å². The Hall–Kier alpha value is -2.31. The molecule has 0 aliphatic carbocycles. The summed E-state index contributed by atoms with van der Waals surface area (Å²) in [7, 11) is 0.